The van der Waals surface area contributed by atoms with Crippen LogP contribution in [-0.2, 0) is 48.3 Å². The number of phenols is 1. The molecule has 0 aliphatic carbocycles. The summed E-state index contributed by atoms with van der Waals surface area (Å²) >= 11 is 0. The van der Waals surface area contributed by atoms with Gasteiger partial charge in [-0.05, 0) is 165 Å². The molecule has 4 amide bonds. The van der Waals surface area contributed by atoms with Crippen LogP contribution in [0, 0.1) is 0 Å². The predicted molar refractivity (Wildman–Crippen MR) is 363 cm³/mol. The van der Waals surface area contributed by atoms with Crippen LogP contribution in [0.4, 0.5) is 78.7 Å². The number of phenolic OH excluding ortho intramolecular Hbond substituents is 1. The van der Waals surface area contributed by atoms with E-state index in [2.05, 4.69) is 20.8 Å². The van der Waals surface area contributed by atoms with Crippen LogP contribution in [0.25, 0.3) is 0 Å². The first-order valence-electron chi connectivity index (χ1n) is 32.5. The lowest BCUT2D eigenvalue weighted by Crippen LogP contribution is -2.44. The van der Waals surface area contributed by atoms with Crippen molar-refractivity contribution >= 4 is 42.3 Å². The number of aliphatic hydroxyl groups excluding tert-OH is 1. The minimum absolute atomic E-state index is 0. The number of likely N-dealkylation sites (tertiary alicyclic amines) is 3. The van der Waals surface area contributed by atoms with Crippen molar-refractivity contribution < 1.29 is 101 Å². The number of nitrogens with one attached hydrogen (secondary N) is 2. The lowest BCUT2D eigenvalue weighted by molar-refractivity contribution is -0.138. The molecular weight excluding hydrogens is 1420 g/mol. The van der Waals surface area contributed by atoms with Crippen molar-refractivity contribution in [3.05, 3.63) is 164 Å². The van der Waals surface area contributed by atoms with Crippen LogP contribution >= 0.6 is 12.4 Å². The Morgan fingerprint density at radius 3 is 1.15 bits per heavy atom. The molecular formula is C69H87ClF12N10O12. The standard InChI is InChI=1S/C18H19F3N4O3.C17H22F3NO3.C12H14F3NO.C10H19NO3.C7H5F3O.C5H7N3O.ClH/c1-24-16(26)6-5-15(23-24)22-17(27)25-9-7-13(8-10-25)28-14-4-2-3-12(11-14)18(19,20)21;1-16(2,3)24-15(22)21-9-7-13(8-10-21)23-14-6-4-5-12(11-14)17(18,19)20;13-12(14,15)9-2-1-3-11(8-9)17-10-4-6-16-7-5-10;1-10(2,3)14-9(13)11-6-4-8(12)5-7-11;8-7(9,10)5-2-1-3-6(11)4-5;1-8-5(9)3-2-4(6)7-8;/h2-6,11,13H,7-10H2,1H3,(H,22,23,27);4-6,11,13H,7-10H2,1-3H3;1-3,8,10,16H,4-7H2;8,12H,4-7H2,1-3H3;1-4,11H;2-3H,1H3,(H2,6,7);1H. The second kappa shape index (κ2) is 39.1. The molecule has 35 heteroatoms. The van der Waals surface area contributed by atoms with Gasteiger partial charge in [0.05, 0.1) is 28.4 Å². The Labute approximate surface area is 598 Å². The Morgan fingerprint density at radius 2 is 0.817 bits per heavy atom. The number of urea groups is 1. The molecule has 576 valence electrons. The van der Waals surface area contributed by atoms with Crippen molar-refractivity contribution in [3.8, 4) is 23.0 Å². The van der Waals surface area contributed by atoms with E-state index in [0.717, 1.165) is 79.1 Å². The molecule has 0 atom stereocenters. The number of rotatable bonds is 7. The molecule has 6 N–H and O–H groups in total. The number of benzene rings is 4. The Morgan fingerprint density at radius 1 is 0.481 bits per heavy atom. The molecule has 4 aliphatic heterocycles. The molecule has 6 heterocycles. The summed E-state index contributed by atoms with van der Waals surface area (Å²) in [5.41, 5.74) is 0.844. The average Bonchev–Trinajstić information content (AvgIpc) is 0.837. The number of hydrogen-bond donors (Lipinski definition) is 5. The average molecular weight is 1510 g/mol. The monoisotopic (exact) mass is 1510 g/mol. The first-order valence-corrected chi connectivity index (χ1v) is 32.5. The molecule has 4 saturated heterocycles. The smallest absolute Gasteiger partial charge is 0.416 e. The van der Waals surface area contributed by atoms with Gasteiger partial charge in [-0.3, -0.25) is 14.9 Å². The molecule has 2 aromatic heterocycles. The van der Waals surface area contributed by atoms with Crippen LogP contribution in [0.15, 0.2) is 131 Å². The number of carbonyl (C=O) groups excluding carboxylic acids is 3. The Kier molecular flexibility index (Phi) is 32.8. The lowest BCUT2D eigenvalue weighted by atomic mass is 10.1. The molecule has 22 nitrogen and oxygen atoms in total. The second-order valence-corrected chi connectivity index (χ2v) is 25.8. The van der Waals surface area contributed by atoms with E-state index < -0.39 is 58.2 Å². The van der Waals surface area contributed by atoms with E-state index in [9.17, 15) is 81.8 Å². The number of alkyl halides is 12. The number of aromatic hydroxyl groups is 1. The number of aromatic nitrogens is 4. The van der Waals surface area contributed by atoms with Crippen LogP contribution in [0.3, 0.4) is 0 Å². The number of piperidine rings is 4. The third-order valence-corrected chi connectivity index (χ3v) is 15.0. The quantitative estimate of drug-likeness (QED) is 0.0930. The number of aryl methyl sites for hydroxylation is 2. The van der Waals surface area contributed by atoms with Gasteiger partial charge in [-0.15, -0.1) is 12.4 Å². The van der Waals surface area contributed by atoms with E-state index in [0.29, 0.717) is 95.4 Å². The molecule has 0 spiro atoms. The minimum atomic E-state index is -4.42. The van der Waals surface area contributed by atoms with E-state index in [1.165, 1.54) is 72.4 Å². The summed E-state index contributed by atoms with van der Waals surface area (Å²) in [6, 6.07) is 23.8. The number of hydrogen-bond acceptors (Lipinski definition) is 16. The topological polar surface area (TPSA) is 267 Å². The van der Waals surface area contributed by atoms with E-state index >= 15 is 0 Å². The number of carbonyl (C=O) groups is 3. The van der Waals surface area contributed by atoms with Crippen LogP contribution in [0.1, 0.15) is 115 Å². The highest BCUT2D eigenvalue weighted by molar-refractivity contribution is 5.88. The lowest BCUT2D eigenvalue weighted by Gasteiger charge is -2.33. The SMILES string of the molecule is CC(C)(C)OC(=O)N1CCC(O)CC1.CC(C)(C)OC(=O)N1CCC(Oc2cccc(C(F)(F)F)c2)CC1.Cl.Cn1nc(N)ccc1=O.Cn1nc(NC(=O)N2CCC(Oc3cccc(C(F)(F)F)c3)CC2)ccc1=O.FC(F)(F)c1cccc(OC2CCNCC2)c1.Oc1cccc(C(F)(F)F)c1. The number of nitrogens with two attached hydrogens (primary N) is 1. The molecule has 104 heavy (non-hydrogen) atoms. The van der Waals surface area contributed by atoms with Crippen molar-refractivity contribution in [3.63, 3.8) is 0 Å². The van der Waals surface area contributed by atoms with Crippen molar-refractivity contribution in [2.75, 3.05) is 63.4 Å². The number of nitrogens with zero attached hydrogens (tertiary/aromatic N) is 7. The largest absolute Gasteiger partial charge is 0.508 e. The molecule has 4 fully saturated rings. The van der Waals surface area contributed by atoms with Gasteiger partial charge in [-0.2, -0.15) is 62.9 Å². The maximum atomic E-state index is 12.8. The zero-order valence-corrected chi connectivity index (χ0v) is 59.1. The number of ether oxygens (including phenoxy) is 5. The van der Waals surface area contributed by atoms with E-state index in [4.69, 9.17) is 34.5 Å². The van der Waals surface area contributed by atoms with Gasteiger partial charge in [-0.25, -0.2) is 23.7 Å². The van der Waals surface area contributed by atoms with Gasteiger partial charge in [0, 0.05) is 91.2 Å². The van der Waals surface area contributed by atoms with Gasteiger partial charge in [-0.1, -0.05) is 24.3 Å². The van der Waals surface area contributed by atoms with Crippen molar-refractivity contribution in [2.45, 2.75) is 153 Å². The summed E-state index contributed by atoms with van der Waals surface area (Å²) in [6.45, 7) is 15.5. The van der Waals surface area contributed by atoms with Gasteiger partial charge < -0.3 is 59.6 Å². The fourth-order valence-electron chi connectivity index (χ4n) is 9.72. The molecule has 4 aliphatic rings. The summed E-state index contributed by atoms with van der Waals surface area (Å²) in [5, 5.41) is 31.3. The Bertz CT molecular complexity index is 3780. The highest BCUT2D eigenvalue weighted by Gasteiger charge is 2.35. The molecule has 0 saturated carbocycles. The van der Waals surface area contributed by atoms with Crippen molar-refractivity contribution in [1.82, 2.24) is 39.6 Å². The zero-order chi connectivity index (χ0) is 76.7. The fourth-order valence-corrected chi connectivity index (χ4v) is 9.72. The van der Waals surface area contributed by atoms with Crippen LogP contribution in [0.2, 0.25) is 0 Å². The molecule has 4 aromatic carbocycles. The molecule has 0 bridgehead atoms. The summed E-state index contributed by atoms with van der Waals surface area (Å²) in [5.74, 6) is 0.894. The van der Waals surface area contributed by atoms with Gasteiger partial charge in [0.1, 0.15) is 58.3 Å². The number of aliphatic hydroxyl groups is 1. The van der Waals surface area contributed by atoms with E-state index in [1.54, 1.807) is 48.6 Å². The van der Waals surface area contributed by atoms with Crippen LogP contribution < -0.4 is 41.7 Å². The number of amides is 4. The van der Waals surface area contributed by atoms with E-state index in [-0.39, 0.29) is 89.2 Å². The minimum Gasteiger partial charge on any atom is -0.508 e. The van der Waals surface area contributed by atoms with Crippen molar-refractivity contribution in [2.24, 2.45) is 14.1 Å². The number of halogens is 13. The first kappa shape index (κ1) is 87.2. The maximum Gasteiger partial charge on any atom is 0.416 e. The van der Waals surface area contributed by atoms with Gasteiger partial charge in [0.15, 0.2) is 5.82 Å². The first-order chi connectivity index (χ1) is 47.9. The summed E-state index contributed by atoms with van der Waals surface area (Å²) in [7, 11) is 3.04. The third-order valence-electron chi connectivity index (χ3n) is 15.0. The summed E-state index contributed by atoms with van der Waals surface area (Å²) < 4.78 is 179. The summed E-state index contributed by atoms with van der Waals surface area (Å²) in [4.78, 5) is 62.6. The molecule has 10 rings (SSSR count). The number of anilines is 2. The van der Waals surface area contributed by atoms with Crippen LogP contribution in [0.5, 0.6) is 23.0 Å². The number of nitrogen functional groups attached to an aromatic ring is 1. The van der Waals surface area contributed by atoms with Gasteiger partial charge in [0.2, 0.25) is 0 Å². The van der Waals surface area contributed by atoms with Crippen molar-refractivity contribution in [1.29, 1.82) is 0 Å². The maximum absolute atomic E-state index is 12.8. The highest BCUT2D eigenvalue weighted by Crippen LogP contribution is 2.36. The van der Waals surface area contributed by atoms with Crippen LogP contribution in [-0.4, -0.2) is 151 Å². The molecule has 0 unspecified atom stereocenters. The Balaban J connectivity index is 0.000000274. The zero-order valence-electron chi connectivity index (χ0n) is 58.3. The van der Waals surface area contributed by atoms with E-state index in [1.807, 2.05) is 20.8 Å². The second-order valence-electron chi connectivity index (χ2n) is 25.8. The Hall–Kier alpha value is -9.18. The fraction of sp³-hybridized carbons (Fsp3) is 0.493. The summed E-state index contributed by atoms with van der Waals surface area (Å²) in [6.07, 6.45) is -13.8. The predicted octanol–water partition coefficient (Wildman–Crippen LogP) is 13.8. The van der Waals surface area contributed by atoms with Gasteiger partial charge in [0.25, 0.3) is 11.1 Å². The van der Waals surface area contributed by atoms with Gasteiger partial charge >= 0.3 is 42.9 Å². The highest BCUT2D eigenvalue weighted by atomic mass is 35.5. The molecule has 6 aromatic rings. The normalized spacial score (nSPS) is 15.6. The molecule has 0 radical (unpaired) electrons. The third kappa shape index (κ3) is 31.8.